The number of hydrogen-bond donors (Lipinski definition) is 3. The molecule has 0 unspecified atom stereocenters. The number of nitrogens with one attached hydrogen (secondary N) is 3. The minimum atomic E-state index is -0.298. The highest BCUT2D eigenvalue weighted by Gasteiger charge is 2.35. The van der Waals surface area contributed by atoms with Crippen molar-refractivity contribution in [3.8, 4) is 0 Å². The van der Waals surface area contributed by atoms with E-state index in [-0.39, 0.29) is 11.9 Å². The standard InChI is InChI=1S/C24H30N8OS/c1-14-11-16-18(12-14)26-23(32-9-4-7-19(32)22(33)29-24-25-8-10-34-24)28-21(16)27-20-13-17(30-31-20)15-5-2-3-6-15/h8,10,13-15,19H,2-7,9,11-12H2,1H3,(H,25,29,33)(H2,26,27,28,30,31)/t14-,19-/m0/s1. The van der Waals surface area contributed by atoms with Crippen LogP contribution in [0.3, 0.4) is 0 Å². The molecule has 3 N–H and O–H groups in total. The lowest BCUT2D eigenvalue weighted by molar-refractivity contribution is -0.117. The van der Waals surface area contributed by atoms with E-state index in [1.165, 1.54) is 48.3 Å². The molecule has 0 bridgehead atoms. The molecule has 1 saturated heterocycles. The van der Waals surface area contributed by atoms with Crippen molar-refractivity contribution in [1.29, 1.82) is 0 Å². The highest BCUT2D eigenvalue weighted by atomic mass is 32.1. The van der Waals surface area contributed by atoms with Crippen LogP contribution in [0.1, 0.15) is 68.3 Å². The Morgan fingerprint density at radius 3 is 2.88 bits per heavy atom. The Kier molecular flexibility index (Phi) is 5.68. The molecule has 34 heavy (non-hydrogen) atoms. The molecule has 4 heterocycles. The number of aromatic nitrogens is 5. The van der Waals surface area contributed by atoms with Gasteiger partial charge in [-0.2, -0.15) is 10.1 Å². The smallest absolute Gasteiger partial charge is 0.248 e. The second kappa shape index (κ2) is 8.98. The number of aromatic amines is 1. The number of thiazole rings is 1. The van der Waals surface area contributed by atoms with Crippen molar-refractivity contribution < 1.29 is 4.79 Å². The first-order chi connectivity index (χ1) is 16.6. The quantitative estimate of drug-likeness (QED) is 0.481. The molecule has 1 saturated carbocycles. The average molecular weight is 479 g/mol. The third kappa shape index (κ3) is 4.15. The fraction of sp³-hybridized carbons (Fsp3) is 0.542. The van der Waals surface area contributed by atoms with Crippen molar-refractivity contribution >= 4 is 40.0 Å². The summed E-state index contributed by atoms with van der Waals surface area (Å²) in [6.45, 7) is 3.01. The van der Waals surface area contributed by atoms with Crippen molar-refractivity contribution in [1.82, 2.24) is 25.1 Å². The first-order valence-electron chi connectivity index (χ1n) is 12.3. The van der Waals surface area contributed by atoms with Crippen molar-refractivity contribution in [3.05, 3.63) is 34.6 Å². The summed E-state index contributed by atoms with van der Waals surface area (Å²) in [5.41, 5.74) is 3.46. The van der Waals surface area contributed by atoms with Crippen LogP contribution < -0.4 is 15.5 Å². The number of rotatable bonds is 6. The maximum absolute atomic E-state index is 13.0. The minimum Gasteiger partial charge on any atom is -0.329 e. The van der Waals surface area contributed by atoms with Gasteiger partial charge in [0.05, 0.1) is 5.69 Å². The molecule has 0 aromatic carbocycles. The Hall–Kier alpha value is -3.01. The lowest BCUT2D eigenvalue weighted by atomic mass is 10.0. The molecule has 2 fully saturated rings. The van der Waals surface area contributed by atoms with Gasteiger partial charge in [-0.25, -0.2) is 9.97 Å². The van der Waals surface area contributed by atoms with Gasteiger partial charge in [0.1, 0.15) is 11.9 Å². The third-order valence-corrected chi connectivity index (χ3v) is 7.98. The van der Waals surface area contributed by atoms with Gasteiger partial charge in [-0.05, 0) is 44.4 Å². The lowest BCUT2D eigenvalue weighted by Gasteiger charge is -2.24. The van der Waals surface area contributed by atoms with Crippen LogP contribution in [-0.2, 0) is 17.6 Å². The number of amides is 1. The first-order valence-corrected chi connectivity index (χ1v) is 13.2. The van der Waals surface area contributed by atoms with Gasteiger partial charge in [0.2, 0.25) is 11.9 Å². The largest absolute Gasteiger partial charge is 0.329 e. The summed E-state index contributed by atoms with van der Waals surface area (Å²) in [4.78, 5) is 29.1. The highest BCUT2D eigenvalue weighted by Crippen LogP contribution is 2.36. The second-order valence-electron chi connectivity index (χ2n) is 9.80. The van der Waals surface area contributed by atoms with E-state index >= 15 is 0 Å². The molecule has 0 radical (unpaired) electrons. The molecule has 2 aliphatic carbocycles. The summed E-state index contributed by atoms with van der Waals surface area (Å²) in [6, 6.07) is 1.83. The molecule has 2 atom stereocenters. The second-order valence-corrected chi connectivity index (χ2v) is 10.7. The van der Waals surface area contributed by atoms with Crippen molar-refractivity contribution in [2.24, 2.45) is 5.92 Å². The van der Waals surface area contributed by atoms with Crippen LogP contribution in [0.4, 0.5) is 22.7 Å². The number of anilines is 4. The van der Waals surface area contributed by atoms with Crippen LogP contribution in [0, 0.1) is 5.92 Å². The third-order valence-electron chi connectivity index (χ3n) is 7.29. The number of carbonyl (C=O) groups is 1. The van der Waals surface area contributed by atoms with Crippen molar-refractivity contribution in [3.63, 3.8) is 0 Å². The van der Waals surface area contributed by atoms with E-state index in [9.17, 15) is 4.79 Å². The summed E-state index contributed by atoms with van der Waals surface area (Å²) in [5, 5.41) is 16.7. The van der Waals surface area contributed by atoms with Crippen LogP contribution >= 0.6 is 11.3 Å². The van der Waals surface area contributed by atoms with E-state index in [0.29, 0.717) is 22.9 Å². The molecule has 1 amide bonds. The maximum Gasteiger partial charge on any atom is 0.248 e. The maximum atomic E-state index is 13.0. The highest BCUT2D eigenvalue weighted by molar-refractivity contribution is 7.13. The van der Waals surface area contributed by atoms with Crippen LogP contribution in [0.2, 0.25) is 0 Å². The zero-order valence-electron chi connectivity index (χ0n) is 19.4. The van der Waals surface area contributed by atoms with Gasteiger partial charge in [-0.1, -0.05) is 19.8 Å². The van der Waals surface area contributed by atoms with Gasteiger partial charge >= 0.3 is 0 Å². The molecule has 6 rings (SSSR count). The molecule has 0 spiro atoms. The zero-order chi connectivity index (χ0) is 23.1. The number of H-pyrrole nitrogens is 1. The van der Waals surface area contributed by atoms with Gasteiger partial charge in [-0.3, -0.25) is 9.89 Å². The summed E-state index contributed by atoms with van der Waals surface area (Å²) < 4.78 is 0. The fourth-order valence-electron chi connectivity index (χ4n) is 5.60. The monoisotopic (exact) mass is 478 g/mol. The fourth-order valence-corrected chi connectivity index (χ4v) is 6.14. The normalized spacial score (nSPS) is 22.3. The molecule has 10 heteroatoms. The van der Waals surface area contributed by atoms with Crippen LogP contribution in [-0.4, -0.2) is 43.6 Å². The van der Waals surface area contributed by atoms with E-state index in [1.54, 1.807) is 6.20 Å². The topological polar surface area (TPSA) is 112 Å². The molecule has 1 aliphatic heterocycles. The molecule has 3 aromatic heterocycles. The van der Waals surface area contributed by atoms with Gasteiger partial charge in [0.25, 0.3) is 0 Å². The van der Waals surface area contributed by atoms with Crippen LogP contribution in [0.25, 0.3) is 0 Å². The summed E-state index contributed by atoms with van der Waals surface area (Å²) in [7, 11) is 0. The Bertz CT molecular complexity index is 1170. The minimum absolute atomic E-state index is 0.0482. The summed E-state index contributed by atoms with van der Waals surface area (Å²) in [5.74, 6) is 3.30. The van der Waals surface area contributed by atoms with Gasteiger partial charge < -0.3 is 15.5 Å². The van der Waals surface area contributed by atoms with Gasteiger partial charge in [0, 0.05) is 41.4 Å². The molecule has 3 aromatic rings. The number of fused-ring (bicyclic) bond motifs is 1. The van der Waals surface area contributed by atoms with E-state index in [4.69, 9.17) is 9.97 Å². The van der Waals surface area contributed by atoms with Gasteiger partial charge in [-0.15, -0.1) is 11.3 Å². The predicted molar refractivity (Wildman–Crippen MR) is 133 cm³/mol. The van der Waals surface area contributed by atoms with Crippen molar-refractivity contribution in [2.75, 3.05) is 22.1 Å². The Morgan fingerprint density at radius 1 is 1.18 bits per heavy atom. The predicted octanol–water partition coefficient (Wildman–Crippen LogP) is 4.40. The average Bonchev–Trinajstić information content (AvgIpc) is 3.64. The number of carbonyl (C=O) groups excluding carboxylic acids is 1. The molecule has 178 valence electrons. The SMILES string of the molecule is C[C@@H]1Cc2nc(N3CCC[C@H]3C(=O)Nc3nccs3)nc(Nc3cc(C4CCCC4)[nH]n3)c2C1. The number of hydrogen-bond acceptors (Lipinski definition) is 8. The van der Waals surface area contributed by atoms with Crippen molar-refractivity contribution in [2.45, 2.75) is 70.3 Å². The van der Waals surface area contributed by atoms with Gasteiger partial charge in [0.15, 0.2) is 10.9 Å². The van der Waals surface area contributed by atoms with Crippen LogP contribution in [0.15, 0.2) is 17.6 Å². The van der Waals surface area contributed by atoms with E-state index < -0.39 is 0 Å². The van der Waals surface area contributed by atoms with E-state index in [0.717, 1.165) is 49.6 Å². The zero-order valence-corrected chi connectivity index (χ0v) is 20.2. The Labute approximate surface area is 202 Å². The number of nitrogens with zero attached hydrogens (tertiary/aromatic N) is 5. The molecular weight excluding hydrogens is 448 g/mol. The first kappa shape index (κ1) is 21.5. The summed E-state index contributed by atoms with van der Waals surface area (Å²) >= 11 is 1.43. The molecule has 9 nitrogen and oxygen atoms in total. The van der Waals surface area contributed by atoms with E-state index in [2.05, 4.69) is 38.8 Å². The Morgan fingerprint density at radius 2 is 2.06 bits per heavy atom. The summed E-state index contributed by atoms with van der Waals surface area (Å²) in [6.07, 6.45) is 10.3. The van der Waals surface area contributed by atoms with E-state index in [1.807, 2.05) is 10.3 Å². The van der Waals surface area contributed by atoms with Crippen LogP contribution in [0.5, 0.6) is 0 Å². The lowest BCUT2D eigenvalue weighted by Crippen LogP contribution is -2.40. The Balaban J connectivity index is 1.27. The molecular formula is C24H30N8OS. The molecule has 3 aliphatic rings.